The lowest BCUT2D eigenvalue weighted by Gasteiger charge is -2.27. The molecule has 1 N–H and O–H groups in total. The lowest BCUT2D eigenvalue weighted by molar-refractivity contribution is 0.0303. The quantitative estimate of drug-likeness (QED) is 0.876. The van der Waals surface area contributed by atoms with Gasteiger partial charge in [-0.05, 0) is 43.4 Å². The molecule has 1 fully saturated rings. The van der Waals surface area contributed by atoms with Crippen LogP contribution in [0.2, 0.25) is 0 Å². The summed E-state index contributed by atoms with van der Waals surface area (Å²) in [6.45, 7) is 2.14. The molecule has 0 spiro atoms. The zero-order chi connectivity index (χ0) is 18.8. The number of thiophene rings is 1. The van der Waals surface area contributed by atoms with Crippen molar-refractivity contribution in [2.24, 2.45) is 0 Å². The fourth-order valence-corrected chi connectivity index (χ4v) is 4.90. The average molecular weight is 388 g/mol. The standard InChI is InChI=1S/C20H21FN2O3S/c21-15-7-3-1-5-13(15)18(24)22-19-17(14-6-2-4-8-16(14)27-19)20(25)23-9-11-26-12-10-23/h1,3,5,7H,2,4,6,8-12H2,(H,22,24). The van der Waals surface area contributed by atoms with Crippen LogP contribution in [-0.4, -0.2) is 43.0 Å². The second-order valence-corrected chi connectivity index (χ2v) is 7.86. The van der Waals surface area contributed by atoms with Crippen molar-refractivity contribution in [2.45, 2.75) is 25.7 Å². The number of halogens is 1. The van der Waals surface area contributed by atoms with Crippen LogP contribution in [0.25, 0.3) is 0 Å². The Kier molecular flexibility index (Phi) is 5.22. The molecule has 2 aliphatic rings. The minimum atomic E-state index is -0.572. The van der Waals surface area contributed by atoms with Crippen LogP contribution in [0.1, 0.15) is 44.0 Å². The summed E-state index contributed by atoms with van der Waals surface area (Å²) >= 11 is 1.45. The van der Waals surface area contributed by atoms with Gasteiger partial charge in [-0.15, -0.1) is 11.3 Å². The number of ether oxygens (including phenoxy) is 1. The van der Waals surface area contributed by atoms with E-state index < -0.39 is 11.7 Å². The normalized spacial score (nSPS) is 16.7. The maximum atomic E-state index is 14.0. The largest absolute Gasteiger partial charge is 0.378 e. The van der Waals surface area contributed by atoms with E-state index in [2.05, 4.69) is 5.32 Å². The number of hydrogen-bond donors (Lipinski definition) is 1. The molecular formula is C20H21FN2O3S. The fraction of sp³-hybridized carbons (Fsp3) is 0.400. The topological polar surface area (TPSA) is 58.6 Å². The lowest BCUT2D eigenvalue weighted by Crippen LogP contribution is -2.41. The van der Waals surface area contributed by atoms with Gasteiger partial charge in [0.15, 0.2) is 0 Å². The van der Waals surface area contributed by atoms with Crippen molar-refractivity contribution in [1.29, 1.82) is 0 Å². The van der Waals surface area contributed by atoms with Crippen LogP contribution in [0.5, 0.6) is 0 Å². The summed E-state index contributed by atoms with van der Waals surface area (Å²) in [4.78, 5) is 28.7. The van der Waals surface area contributed by atoms with Crippen LogP contribution in [0.3, 0.4) is 0 Å². The van der Waals surface area contributed by atoms with E-state index in [9.17, 15) is 14.0 Å². The number of carbonyl (C=O) groups is 2. The molecule has 0 radical (unpaired) electrons. The van der Waals surface area contributed by atoms with Crippen LogP contribution < -0.4 is 5.32 Å². The summed E-state index contributed by atoms with van der Waals surface area (Å²) in [7, 11) is 0. The van der Waals surface area contributed by atoms with Crippen molar-refractivity contribution < 1.29 is 18.7 Å². The minimum absolute atomic E-state index is 0.0198. The van der Waals surface area contributed by atoms with Gasteiger partial charge in [-0.25, -0.2) is 4.39 Å². The van der Waals surface area contributed by atoms with E-state index in [0.29, 0.717) is 36.9 Å². The second-order valence-electron chi connectivity index (χ2n) is 6.75. The first kappa shape index (κ1) is 18.1. The summed E-state index contributed by atoms with van der Waals surface area (Å²) < 4.78 is 19.3. The Morgan fingerprint density at radius 2 is 1.85 bits per heavy atom. The highest BCUT2D eigenvalue weighted by Gasteiger charge is 2.30. The monoisotopic (exact) mass is 388 g/mol. The van der Waals surface area contributed by atoms with E-state index in [1.165, 1.54) is 23.5 Å². The molecular weight excluding hydrogens is 367 g/mol. The van der Waals surface area contributed by atoms with Gasteiger partial charge in [0.25, 0.3) is 11.8 Å². The van der Waals surface area contributed by atoms with Crippen molar-refractivity contribution in [2.75, 3.05) is 31.6 Å². The molecule has 0 saturated carbocycles. The zero-order valence-electron chi connectivity index (χ0n) is 14.9. The first-order valence-corrected chi connectivity index (χ1v) is 10.0. The summed E-state index contributed by atoms with van der Waals surface area (Å²) in [6.07, 6.45) is 3.87. The zero-order valence-corrected chi connectivity index (χ0v) is 15.7. The number of nitrogens with zero attached hydrogens (tertiary/aromatic N) is 1. The highest BCUT2D eigenvalue weighted by Crippen LogP contribution is 2.39. The molecule has 1 aromatic carbocycles. The van der Waals surface area contributed by atoms with Crippen molar-refractivity contribution >= 4 is 28.2 Å². The first-order valence-electron chi connectivity index (χ1n) is 9.22. The number of fused-ring (bicyclic) bond motifs is 1. The van der Waals surface area contributed by atoms with E-state index in [0.717, 1.165) is 36.1 Å². The van der Waals surface area contributed by atoms with E-state index in [1.54, 1.807) is 17.0 Å². The fourth-order valence-electron chi connectivity index (χ4n) is 3.62. The van der Waals surface area contributed by atoms with Gasteiger partial charge >= 0.3 is 0 Å². The third-order valence-electron chi connectivity index (χ3n) is 5.03. The molecule has 1 aliphatic carbocycles. The van der Waals surface area contributed by atoms with Crippen molar-refractivity contribution in [3.8, 4) is 0 Å². The van der Waals surface area contributed by atoms with Crippen LogP contribution in [0.15, 0.2) is 24.3 Å². The molecule has 2 aromatic rings. The number of carbonyl (C=O) groups excluding carboxylic acids is 2. The number of hydrogen-bond acceptors (Lipinski definition) is 4. The second kappa shape index (κ2) is 7.78. The van der Waals surface area contributed by atoms with Gasteiger partial charge in [0.1, 0.15) is 10.8 Å². The Labute approximate surface area is 161 Å². The third kappa shape index (κ3) is 3.61. The molecule has 27 heavy (non-hydrogen) atoms. The van der Waals surface area contributed by atoms with E-state index in [1.807, 2.05) is 0 Å². The van der Waals surface area contributed by atoms with Gasteiger partial charge in [0, 0.05) is 18.0 Å². The van der Waals surface area contributed by atoms with Crippen molar-refractivity contribution in [3.05, 3.63) is 51.7 Å². The molecule has 0 unspecified atom stereocenters. The van der Waals surface area contributed by atoms with Gasteiger partial charge in [-0.2, -0.15) is 0 Å². The predicted molar refractivity (Wildman–Crippen MR) is 102 cm³/mol. The number of benzene rings is 1. The lowest BCUT2D eigenvalue weighted by atomic mass is 9.95. The van der Waals surface area contributed by atoms with E-state index in [4.69, 9.17) is 4.74 Å². The Hall–Kier alpha value is -2.25. The van der Waals surface area contributed by atoms with E-state index >= 15 is 0 Å². The summed E-state index contributed by atoms with van der Waals surface area (Å²) in [6, 6.07) is 5.87. The van der Waals surface area contributed by atoms with Gasteiger partial charge in [-0.3, -0.25) is 9.59 Å². The molecule has 0 atom stereocenters. The van der Waals surface area contributed by atoms with Crippen LogP contribution >= 0.6 is 11.3 Å². The Balaban J connectivity index is 1.67. The summed E-state index contributed by atoms with van der Waals surface area (Å²) in [5.74, 6) is -1.17. The highest BCUT2D eigenvalue weighted by atomic mass is 32.1. The molecule has 1 aliphatic heterocycles. The average Bonchev–Trinajstić information content (AvgIpc) is 3.06. The van der Waals surface area contributed by atoms with Gasteiger partial charge in [0.2, 0.25) is 0 Å². The number of anilines is 1. The molecule has 0 bridgehead atoms. The van der Waals surface area contributed by atoms with Crippen LogP contribution in [0.4, 0.5) is 9.39 Å². The molecule has 142 valence electrons. The maximum Gasteiger partial charge on any atom is 0.259 e. The smallest absolute Gasteiger partial charge is 0.259 e. The number of aryl methyl sites for hydroxylation is 1. The molecule has 4 rings (SSSR count). The molecule has 7 heteroatoms. The van der Waals surface area contributed by atoms with Crippen molar-refractivity contribution in [3.63, 3.8) is 0 Å². The Morgan fingerprint density at radius 3 is 2.63 bits per heavy atom. The van der Waals surface area contributed by atoms with Gasteiger partial charge < -0.3 is 15.0 Å². The Bertz CT molecular complexity index is 874. The summed E-state index contributed by atoms with van der Waals surface area (Å²) in [5, 5.41) is 3.34. The first-order chi connectivity index (χ1) is 13.1. The molecule has 1 saturated heterocycles. The van der Waals surface area contributed by atoms with Crippen LogP contribution in [-0.2, 0) is 17.6 Å². The van der Waals surface area contributed by atoms with Crippen LogP contribution in [0, 0.1) is 5.82 Å². The molecule has 2 amide bonds. The van der Waals surface area contributed by atoms with Crippen molar-refractivity contribution in [1.82, 2.24) is 4.90 Å². The molecule has 2 heterocycles. The number of rotatable bonds is 3. The molecule has 1 aromatic heterocycles. The van der Waals surface area contributed by atoms with E-state index in [-0.39, 0.29) is 11.5 Å². The SMILES string of the molecule is O=C(Nc1sc2c(c1C(=O)N1CCOCC1)CCCC2)c1ccccc1F. The van der Waals surface area contributed by atoms with Gasteiger partial charge in [-0.1, -0.05) is 12.1 Å². The maximum absolute atomic E-state index is 14.0. The number of amides is 2. The summed E-state index contributed by atoms with van der Waals surface area (Å²) in [5.41, 5.74) is 1.61. The van der Waals surface area contributed by atoms with Gasteiger partial charge in [0.05, 0.1) is 24.3 Å². The minimum Gasteiger partial charge on any atom is -0.378 e. The molecule has 5 nitrogen and oxygen atoms in total. The number of nitrogens with one attached hydrogen (secondary N) is 1. The predicted octanol–water partition coefficient (Wildman–Crippen LogP) is 3.49. The third-order valence-corrected chi connectivity index (χ3v) is 6.24. The number of morpholine rings is 1. The highest BCUT2D eigenvalue weighted by molar-refractivity contribution is 7.17. The Morgan fingerprint density at radius 1 is 1.11 bits per heavy atom.